The maximum absolute atomic E-state index is 12.8. The molecule has 1 saturated heterocycles. The number of sulfonamides is 1. The monoisotopic (exact) mass is 391 g/mol. The number of carbonyl (C=O) groups excluding carboxylic acids is 1. The molecule has 1 amide bonds. The molecule has 1 aromatic carbocycles. The zero-order chi connectivity index (χ0) is 17.6. The number of benzene rings is 1. The third-order valence-electron chi connectivity index (χ3n) is 3.95. The van der Waals surface area contributed by atoms with Gasteiger partial charge in [-0.05, 0) is 37.6 Å². The van der Waals surface area contributed by atoms with Gasteiger partial charge in [0.15, 0.2) is 0 Å². The van der Waals surface area contributed by atoms with Crippen molar-refractivity contribution >= 4 is 28.3 Å². The largest absolute Gasteiger partial charge is 0.495 e. The molecule has 2 rings (SSSR count). The average molecular weight is 392 g/mol. The first-order valence-corrected chi connectivity index (χ1v) is 9.61. The highest BCUT2D eigenvalue weighted by Gasteiger charge is 2.30. The Morgan fingerprint density at radius 3 is 2.52 bits per heavy atom. The summed E-state index contributed by atoms with van der Waals surface area (Å²) in [7, 11) is -2.23. The first-order chi connectivity index (χ1) is 11.5. The third kappa shape index (κ3) is 5.31. The topological polar surface area (TPSA) is 87.7 Å². The van der Waals surface area contributed by atoms with E-state index in [4.69, 9.17) is 4.74 Å². The number of methoxy groups -OCH3 is 1. The number of hydrogen-bond acceptors (Lipinski definition) is 5. The lowest BCUT2D eigenvalue weighted by Gasteiger charge is -2.18. The van der Waals surface area contributed by atoms with Crippen LogP contribution in [0.4, 0.5) is 0 Å². The SMILES string of the molecule is CCNCCNC(=O)c1ccc(OC)c(S(=O)(=O)N2CCCC2)c1.Cl. The van der Waals surface area contributed by atoms with Gasteiger partial charge in [0.25, 0.3) is 5.91 Å². The Bertz CT molecular complexity index is 676. The van der Waals surface area contributed by atoms with E-state index in [1.165, 1.54) is 23.5 Å². The standard InChI is InChI=1S/C16H25N3O4S.ClH/c1-3-17-8-9-18-16(20)13-6-7-14(23-2)15(12-13)24(21,22)19-10-4-5-11-19;/h6-7,12,17H,3-5,8-11H2,1-2H3,(H,18,20);1H. The van der Waals surface area contributed by atoms with Crippen molar-refractivity contribution in [3.05, 3.63) is 23.8 Å². The lowest BCUT2D eigenvalue weighted by Crippen LogP contribution is -2.32. The van der Waals surface area contributed by atoms with Gasteiger partial charge in [0.1, 0.15) is 10.6 Å². The van der Waals surface area contributed by atoms with E-state index in [0.29, 0.717) is 31.7 Å². The summed E-state index contributed by atoms with van der Waals surface area (Å²) in [4.78, 5) is 12.3. The molecule has 0 aliphatic carbocycles. The van der Waals surface area contributed by atoms with Crippen molar-refractivity contribution in [2.45, 2.75) is 24.7 Å². The normalized spacial score (nSPS) is 14.8. The van der Waals surface area contributed by atoms with Gasteiger partial charge in [-0.3, -0.25) is 4.79 Å². The molecule has 1 fully saturated rings. The van der Waals surface area contributed by atoms with Crippen molar-refractivity contribution < 1.29 is 17.9 Å². The van der Waals surface area contributed by atoms with Gasteiger partial charge in [0.05, 0.1) is 7.11 Å². The summed E-state index contributed by atoms with van der Waals surface area (Å²) in [6.45, 7) is 4.97. The molecule has 1 aliphatic rings. The van der Waals surface area contributed by atoms with Gasteiger partial charge in [0, 0.05) is 31.7 Å². The summed E-state index contributed by atoms with van der Waals surface area (Å²) < 4.78 is 32.2. The van der Waals surface area contributed by atoms with Crippen LogP contribution in [-0.4, -0.2) is 58.5 Å². The van der Waals surface area contributed by atoms with Gasteiger partial charge in [-0.2, -0.15) is 4.31 Å². The Kier molecular flexibility index (Phi) is 8.64. The summed E-state index contributed by atoms with van der Waals surface area (Å²) >= 11 is 0. The van der Waals surface area contributed by atoms with E-state index in [0.717, 1.165) is 19.4 Å². The molecular weight excluding hydrogens is 366 g/mol. The van der Waals surface area contributed by atoms with E-state index in [2.05, 4.69) is 10.6 Å². The zero-order valence-electron chi connectivity index (χ0n) is 14.6. The van der Waals surface area contributed by atoms with Crippen molar-refractivity contribution in [3.63, 3.8) is 0 Å². The molecule has 2 N–H and O–H groups in total. The van der Waals surface area contributed by atoms with Crippen LogP contribution >= 0.6 is 12.4 Å². The summed E-state index contributed by atoms with van der Waals surface area (Å²) in [6.07, 6.45) is 1.71. The quantitative estimate of drug-likeness (QED) is 0.651. The van der Waals surface area contributed by atoms with E-state index in [9.17, 15) is 13.2 Å². The molecule has 1 aliphatic heterocycles. The van der Waals surface area contributed by atoms with Crippen molar-refractivity contribution in [3.8, 4) is 5.75 Å². The molecular formula is C16H26ClN3O4S. The molecule has 0 radical (unpaired) electrons. The second kappa shape index (κ2) is 9.96. The van der Waals surface area contributed by atoms with E-state index in [-0.39, 0.29) is 29.0 Å². The summed E-state index contributed by atoms with van der Waals surface area (Å²) in [6, 6.07) is 4.50. The van der Waals surface area contributed by atoms with Crippen LogP contribution < -0.4 is 15.4 Å². The van der Waals surface area contributed by atoms with E-state index in [1.807, 2.05) is 6.92 Å². The van der Waals surface area contributed by atoms with E-state index >= 15 is 0 Å². The molecule has 0 atom stereocenters. The molecule has 7 nitrogen and oxygen atoms in total. The van der Waals surface area contributed by atoms with Gasteiger partial charge in [0.2, 0.25) is 10.0 Å². The Hall–Kier alpha value is -1.35. The fourth-order valence-corrected chi connectivity index (χ4v) is 4.33. The molecule has 9 heteroatoms. The number of rotatable bonds is 8. The predicted octanol–water partition coefficient (Wildman–Crippen LogP) is 1.24. The molecule has 0 aromatic heterocycles. The molecule has 25 heavy (non-hydrogen) atoms. The lowest BCUT2D eigenvalue weighted by atomic mass is 10.2. The zero-order valence-corrected chi connectivity index (χ0v) is 16.2. The van der Waals surface area contributed by atoms with E-state index < -0.39 is 10.0 Å². The second-order valence-electron chi connectivity index (χ2n) is 5.59. The van der Waals surface area contributed by atoms with Crippen LogP contribution in [0.15, 0.2) is 23.1 Å². The molecule has 0 unspecified atom stereocenters. The Labute approximate surface area is 155 Å². The van der Waals surface area contributed by atoms with Crippen LogP contribution in [-0.2, 0) is 10.0 Å². The maximum Gasteiger partial charge on any atom is 0.251 e. The molecule has 0 saturated carbocycles. The number of ether oxygens (including phenoxy) is 1. The highest BCUT2D eigenvalue weighted by atomic mass is 35.5. The summed E-state index contributed by atoms with van der Waals surface area (Å²) in [5.41, 5.74) is 0.310. The van der Waals surface area contributed by atoms with Crippen molar-refractivity contribution in [2.75, 3.05) is 39.8 Å². The number of nitrogens with zero attached hydrogens (tertiary/aromatic N) is 1. The van der Waals surface area contributed by atoms with Gasteiger partial charge in [-0.15, -0.1) is 12.4 Å². The third-order valence-corrected chi connectivity index (χ3v) is 5.87. The summed E-state index contributed by atoms with van der Waals surface area (Å²) in [5.74, 6) is -0.0421. The Morgan fingerprint density at radius 1 is 1.24 bits per heavy atom. The van der Waals surface area contributed by atoms with E-state index in [1.54, 1.807) is 6.07 Å². The van der Waals surface area contributed by atoms with Crippen molar-refractivity contribution in [2.24, 2.45) is 0 Å². The second-order valence-corrected chi connectivity index (χ2v) is 7.49. The molecule has 0 bridgehead atoms. The minimum atomic E-state index is -3.65. The molecule has 1 heterocycles. The first-order valence-electron chi connectivity index (χ1n) is 8.17. The molecule has 0 spiro atoms. The molecule has 142 valence electrons. The number of nitrogens with one attached hydrogen (secondary N) is 2. The smallest absolute Gasteiger partial charge is 0.251 e. The fourth-order valence-electron chi connectivity index (χ4n) is 2.63. The Morgan fingerprint density at radius 2 is 1.92 bits per heavy atom. The lowest BCUT2D eigenvalue weighted by molar-refractivity contribution is 0.0953. The number of hydrogen-bond donors (Lipinski definition) is 2. The first kappa shape index (κ1) is 21.7. The van der Waals surface area contributed by atoms with Gasteiger partial charge >= 0.3 is 0 Å². The van der Waals surface area contributed by atoms with Crippen LogP contribution in [0.5, 0.6) is 5.75 Å². The van der Waals surface area contributed by atoms with Crippen molar-refractivity contribution in [1.29, 1.82) is 0 Å². The summed E-state index contributed by atoms with van der Waals surface area (Å²) in [5, 5.41) is 5.88. The fraction of sp³-hybridized carbons (Fsp3) is 0.562. The number of likely N-dealkylation sites (N-methyl/N-ethyl adjacent to an activating group) is 1. The highest BCUT2D eigenvalue weighted by Crippen LogP contribution is 2.29. The average Bonchev–Trinajstić information content (AvgIpc) is 3.13. The number of halogens is 1. The predicted molar refractivity (Wildman–Crippen MR) is 99.1 cm³/mol. The minimum absolute atomic E-state index is 0. The maximum atomic E-state index is 12.8. The number of amides is 1. The van der Waals surface area contributed by atoms with Crippen molar-refractivity contribution in [1.82, 2.24) is 14.9 Å². The Balaban J connectivity index is 0.00000312. The van der Waals surface area contributed by atoms with Crippen LogP contribution in [0, 0.1) is 0 Å². The van der Waals surface area contributed by atoms with Gasteiger partial charge < -0.3 is 15.4 Å². The van der Waals surface area contributed by atoms with Gasteiger partial charge in [-0.1, -0.05) is 6.92 Å². The molecule has 1 aromatic rings. The van der Waals surface area contributed by atoms with Crippen LogP contribution in [0.2, 0.25) is 0 Å². The minimum Gasteiger partial charge on any atom is -0.495 e. The van der Waals surface area contributed by atoms with Crippen LogP contribution in [0.1, 0.15) is 30.1 Å². The number of carbonyl (C=O) groups is 1. The van der Waals surface area contributed by atoms with Crippen LogP contribution in [0.3, 0.4) is 0 Å². The highest BCUT2D eigenvalue weighted by molar-refractivity contribution is 7.89. The van der Waals surface area contributed by atoms with Gasteiger partial charge in [-0.25, -0.2) is 8.42 Å². The van der Waals surface area contributed by atoms with Crippen LogP contribution in [0.25, 0.3) is 0 Å².